The van der Waals surface area contributed by atoms with Gasteiger partial charge in [-0.1, -0.05) is 42.3 Å². The Kier molecular flexibility index (Phi) is 10.9. The molecule has 0 aromatic heterocycles. The highest BCUT2D eigenvalue weighted by atomic mass is 35.5. The number of amides is 2. The van der Waals surface area contributed by atoms with Gasteiger partial charge < -0.3 is 44.5 Å². The first-order valence-electron chi connectivity index (χ1n) is 16.3. The summed E-state index contributed by atoms with van der Waals surface area (Å²) >= 11 is 6.77. The number of rotatable bonds is 4. The first-order chi connectivity index (χ1) is 23.2. The van der Waals surface area contributed by atoms with Crippen molar-refractivity contribution in [2.24, 2.45) is 11.7 Å². The lowest BCUT2D eigenvalue weighted by atomic mass is 9.83. The molecule has 4 aliphatic rings. The molecular formula is C35H47ClN4O9. The van der Waals surface area contributed by atoms with Crippen LogP contribution in [0.15, 0.2) is 59.5 Å². The number of hydrogen-bond donors (Lipinski definition) is 5. The summed E-state index contributed by atoms with van der Waals surface area (Å²) < 4.78 is 29.1. The minimum atomic E-state index is -1.78. The second-order valence-corrected chi connectivity index (χ2v) is 13.8. The first-order valence-corrected chi connectivity index (χ1v) is 16.7. The highest BCUT2D eigenvalue weighted by Crippen LogP contribution is 2.49. The van der Waals surface area contributed by atoms with E-state index in [-0.39, 0.29) is 12.8 Å². The molecule has 0 spiro atoms. The number of aliphatic hydroxyl groups is 2. The standard InChI is InChI=1S/C35H47ClN4O9/c1-19-8-7-9-27(46-6)35(44)18-26(47-33(43)39-35)20(2)31-34(3,49-31)28(48-32(42)38-23-12-10-22(37)11-13-23)17-29(41)40(4)24-15-21(14-19)16-25(45-5)30(24)36/h7-10,12,15-16,20,26-29,31,41,44H,11,13-14,17-18,37H2,1-6H3,(H,38,42)(H,39,43)/b9-7+,19-8+/t20-,26+,27-,28+,29?,31+,34+,35+/m1/s1. The summed E-state index contributed by atoms with van der Waals surface area (Å²) in [4.78, 5) is 27.7. The number of anilines is 1. The Bertz CT molecular complexity index is 1560. The number of nitrogens with one attached hydrogen (secondary N) is 2. The van der Waals surface area contributed by atoms with Gasteiger partial charge in [0, 0.05) is 44.3 Å². The van der Waals surface area contributed by atoms with E-state index in [1.807, 2.05) is 32.1 Å². The number of nitrogens with two attached hydrogens (primary N) is 1. The van der Waals surface area contributed by atoms with E-state index in [1.54, 1.807) is 43.2 Å². The third-order valence-electron chi connectivity index (χ3n) is 9.80. The summed E-state index contributed by atoms with van der Waals surface area (Å²) in [5.74, 6) is -0.0250. The molecule has 4 bridgehead atoms. The third kappa shape index (κ3) is 8.02. The van der Waals surface area contributed by atoms with Crippen molar-refractivity contribution >= 4 is 29.5 Å². The van der Waals surface area contributed by atoms with Crippen molar-refractivity contribution in [3.05, 3.63) is 70.1 Å². The van der Waals surface area contributed by atoms with Gasteiger partial charge in [0.05, 0.1) is 18.9 Å². The third-order valence-corrected chi connectivity index (χ3v) is 10.2. The minimum Gasteiger partial charge on any atom is -0.495 e. The van der Waals surface area contributed by atoms with Gasteiger partial charge >= 0.3 is 12.2 Å². The Balaban J connectivity index is 1.52. The fraction of sp³-hybridized carbons (Fsp3) is 0.543. The van der Waals surface area contributed by atoms with E-state index in [0.29, 0.717) is 47.1 Å². The maximum atomic E-state index is 13.3. The molecule has 1 aromatic rings. The van der Waals surface area contributed by atoms with Gasteiger partial charge in [-0.05, 0) is 63.0 Å². The van der Waals surface area contributed by atoms with Gasteiger partial charge in [0.15, 0.2) is 5.72 Å². The quantitative estimate of drug-likeness (QED) is 0.285. The molecule has 8 atom stereocenters. The molecule has 3 aliphatic heterocycles. The summed E-state index contributed by atoms with van der Waals surface area (Å²) in [6, 6.07) is 3.70. The Labute approximate surface area is 291 Å². The van der Waals surface area contributed by atoms with Gasteiger partial charge in [-0.3, -0.25) is 10.6 Å². The molecule has 1 unspecified atom stereocenters. The zero-order valence-corrected chi connectivity index (χ0v) is 29.5. The molecular weight excluding hydrogens is 656 g/mol. The Morgan fingerprint density at radius 1 is 1.22 bits per heavy atom. The van der Waals surface area contributed by atoms with Crippen LogP contribution in [0.5, 0.6) is 5.75 Å². The Morgan fingerprint density at radius 3 is 2.65 bits per heavy atom. The minimum absolute atomic E-state index is 0.00625. The first kappa shape index (κ1) is 36.5. The zero-order valence-electron chi connectivity index (χ0n) is 28.7. The summed E-state index contributed by atoms with van der Waals surface area (Å²) in [7, 11) is 4.67. The molecule has 14 heteroatoms. The molecule has 0 saturated carbocycles. The molecule has 2 fully saturated rings. The maximum absolute atomic E-state index is 13.3. The second kappa shape index (κ2) is 14.6. The molecule has 6 N–H and O–H groups in total. The van der Waals surface area contributed by atoms with E-state index in [1.165, 1.54) is 14.2 Å². The average molecular weight is 703 g/mol. The molecule has 3 heterocycles. The van der Waals surface area contributed by atoms with Crippen molar-refractivity contribution in [3.63, 3.8) is 0 Å². The number of methoxy groups -OCH3 is 2. The average Bonchev–Trinajstić information content (AvgIpc) is 3.75. The number of aliphatic hydroxyl groups excluding tert-OH is 1. The summed E-state index contributed by atoms with van der Waals surface area (Å²) in [6.07, 6.45) is 4.42. The molecule has 2 amide bonds. The fourth-order valence-electron chi connectivity index (χ4n) is 6.78. The van der Waals surface area contributed by atoms with Gasteiger partial charge in [0.25, 0.3) is 0 Å². The zero-order chi connectivity index (χ0) is 35.7. The number of hydrogen-bond acceptors (Lipinski definition) is 11. The van der Waals surface area contributed by atoms with Crippen LogP contribution in [0.3, 0.4) is 0 Å². The number of allylic oxidation sites excluding steroid dienone is 7. The SMILES string of the molecule is COc1cc2cc(c1Cl)N(C)C(O)C[C@H](OC(=O)NC1=CC=C(N)CC1)[C@]1(C)O[C@H]1[C@H](C)[C@@H]1C[C@@](O)(NC(=O)O1)[C@H](OC)/C=C/C=C(\C)C2. The number of alkyl carbamates (subject to hydrolysis) is 2. The van der Waals surface area contributed by atoms with Crippen LogP contribution in [-0.4, -0.2) is 85.6 Å². The lowest BCUT2D eigenvalue weighted by Gasteiger charge is -2.42. The smallest absolute Gasteiger partial charge is 0.411 e. The Hall–Kier alpha value is -3.75. The largest absolute Gasteiger partial charge is 0.495 e. The van der Waals surface area contributed by atoms with E-state index >= 15 is 0 Å². The molecule has 2 saturated heterocycles. The summed E-state index contributed by atoms with van der Waals surface area (Å²) in [6.45, 7) is 5.57. The highest BCUT2D eigenvalue weighted by Gasteiger charge is 2.64. The molecule has 5 rings (SSSR count). The molecule has 49 heavy (non-hydrogen) atoms. The van der Waals surface area contributed by atoms with E-state index in [0.717, 1.165) is 11.1 Å². The topological polar surface area (TPSA) is 177 Å². The normalized spacial score (nSPS) is 35.2. The number of benzene rings is 1. The van der Waals surface area contributed by atoms with Gasteiger partial charge in [0.1, 0.15) is 40.9 Å². The molecule has 0 radical (unpaired) electrons. The van der Waals surface area contributed by atoms with E-state index < -0.39 is 60.1 Å². The molecule has 1 aromatic carbocycles. The predicted molar refractivity (Wildman–Crippen MR) is 183 cm³/mol. The number of nitrogens with zero attached hydrogens (tertiary/aromatic N) is 1. The molecule has 13 nitrogen and oxygen atoms in total. The van der Waals surface area contributed by atoms with Gasteiger partial charge in [0.2, 0.25) is 0 Å². The summed E-state index contributed by atoms with van der Waals surface area (Å²) in [5, 5.41) is 29.0. The van der Waals surface area contributed by atoms with Crippen LogP contribution in [0.25, 0.3) is 0 Å². The van der Waals surface area contributed by atoms with Crippen LogP contribution >= 0.6 is 11.6 Å². The van der Waals surface area contributed by atoms with E-state index in [9.17, 15) is 19.8 Å². The van der Waals surface area contributed by atoms with Crippen molar-refractivity contribution in [2.75, 3.05) is 26.2 Å². The molecule has 268 valence electrons. The van der Waals surface area contributed by atoms with Crippen LogP contribution in [-0.2, 0) is 25.4 Å². The predicted octanol–water partition coefficient (Wildman–Crippen LogP) is 4.16. The fourth-order valence-corrected chi connectivity index (χ4v) is 7.10. The van der Waals surface area contributed by atoms with Crippen LogP contribution in [0.2, 0.25) is 5.02 Å². The van der Waals surface area contributed by atoms with E-state index in [2.05, 4.69) is 10.6 Å². The monoisotopic (exact) mass is 702 g/mol. The number of halogens is 1. The highest BCUT2D eigenvalue weighted by molar-refractivity contribution is 6.34. The van der Waals surface area contributed by atoms with Crippen LogP contribution in [0.1, 0.15) is 52.0 Å². The second-order valence-electron chi connectivity index (χ2n) is 13.4. The van der Waals surface area contributed by atoms with Crippen LogP contribution in [0, 0.1) is 5.92 Å². The van der Waals surface area contributed by atoms with Gasteiger partial charge in [-0.2, -0.15) is 0 Å². The van der Waals surface area contributed by atoms with Crippen LogP contribution < -0.4 is 26.0 Å². The van der Waals surface area contributed by atoms with Crippen molar-refractivity contribution < 1.29 is 43.5 Å². The number of fused-ring (bicyclic) bond motifs is 5. The molecule has 1 aliphatic carbocycles. The maximum Gasteiger partial charge on any atom is 0.411 e. The number of ether oxygens (including phenoxy) is 5. The van der Waals surface area contributed by atoms with Crippen molar-refractivity contribution in [1.29, 1.82) is 0 Å². The van der Waals surface area contributed by atoms with Gasteiger partial charge in [-0.25, -0.2) is 9.59 Å². The van der Waals surface area contributed by atoms with Crippen molar-refractivity contribution in [1.82, 2.24) is 10.6 Å². The number of epoxide rings is 1. The van der Waals surface area contributed by atoms with E-state index in [4.69, 9.17) is 41.0 Å². The lowest BCUT2D eigenvalue weighted by molar-refractivity contribution is -0.142. The number of carbonyl (C=O) groups excluding carboxylic acids is 2. The lowest BCUT2D eigenvalue weighted by Crippen LogP contribution is -2.63. The van der Waals surface area contributed by atoms with Crippen molar-refractivity contribution in [2.45, 2.75) is 94.8 Å². The van der Waals surface area contributed by atoms with Crippen LogP contribution in [0.4, 0.5) is 15.3 Å². The number of carbonyl (C=O) groups is 2. The van der Waals surface area contributed by atoms with Gasteiger partial charge in [-0.15, -0.1) is 0 Å². The summed E-state index contributed by atoms with van der Waals surface area (Å²) in [5.41, 5.74) is 6.71. The van der Waals surface area contributed by atoms with Crippen molar-refractivity contribution in [3.8, 4) is 5.75 Å². The Morgan fingerprint density at radius 2 is 1.98 bits per heavy atom.